The number of benzene rings is 1. The van der Waals surface area contributed by atoms with Crippen molar-refractivity contribution in [1.82, 2.24) is 0 Å². The predicted octanol–water partition coefficient (Wildman–Crippen LogP) is 2.89. The van der Waals surface area contributed by atoms with Crippen LogP contribution in [-0.2, 0) is 24.0 Å². The Hall–Kier alpha value is -3.26. The second-order valence-electron chi connectivity index (χ2n) is 5.62. The fraction of sp³-hybridized carbons (Fsp3) is 0.333. The molecule has 1 aromatic carbocycles. The number of carbonyl (C=O) groups excluding carboxylic acids is 2. The molecule has 1 rings (SSSR count). The predicted molar refractivity (Wildman–Crippen MR) is 117 cm³/mol. The highest BCUT2D eigenvalue weighted by Crippen LogP contribution is 2.22. The molecule has 0 heterocycles. The van der Waals surface area contributed by atoms with Gasteiger partial charge in [-0.25, -0.2) is 4.79 Å². The van der Waals surface area contributed by atoms with Crippen LogP contribution >= 0.6 is 21.6 Å². The molecular formula is C18H20N2O10S2. The number of ether oxygens (including phenoxy) is 2. The van der Waals surface area contributed by atoms with Crippen LogP contribution in [0.3, 0.4) is 0 Å². The van der Waals surface area contributed by atoms with Crippen molar-refractivity contribution in [2.45, 2.75) is 12.5 Å². The first-order chi connectivity index (χ1) is 15.3. The van der Waals surface area contributed by atoms with Crippen molar-refractivity contribution in [3.05, 3.63) is 68.8 Å². The minimum absolute atomic E-state index is 0.260. The molecule has 0 bridgehead atoms. The highest BCUT2D eigenvalue weighted by molar-refractivity contribution is 8.76. The van der Waals surface area contributed by atoms with E-state index in [1.54, 1.807) is 51.9 Å². The summed E-state index contributed by atoms with van der Waals surface area (Å²) in [5.41, 5.74) is 0.591. The average Bonchev–Trinajstić information content (AvgIpc) is 2.74. The number of esters is 2. The fourth-order valence-electron chi connectivity index (χ4n) is 1.87. The van der Waals surface area contributed by atoms with Crippen LogP contribution in [0, 0.1) is 20.2 Å². The van der Waals surface area contributed by atoms with E-state index in [4.69, 9.17) is 9.47 Å². The Morgan fingerprint density at radius 3 is 2.44 bits per heavy atom. The van der Waals surface area contributed by atoms with Crippen LogP contribution in [0.25, 0.3) is 6.08 Å². The lowest BCUT2D eigenvalue weighted by Gasteiger charge is -2.12. The van der Waals surface area contributed by atoms with Gasteiger partial charge in [0.15, 0.2) is 6.10 Å². The van der Waals surface area contributed by atoms with Crippen molar-refractivity contribution >= 4 is 39.6 Å². The molecular weight excluding hydrogens is 468 g/mol. The zero-order valence-corrected chi connectivity index (χ0v) is 18.3. The minimum Gasteiger partial charge on any atom is -0.460 e. The Morgan fingerprint density at radius 2 is 1.81 bits per heavy atom. The maximum atomic E-state index is 11.8. The van der Waals surface area contributed by atoms with Crippen LogP contribution < -0.4 is 4.74 Å². The van der Waals surface area contributed by atoms with Crippen molar-refractivity contribution in [3.63, 3.8) is 0 Å². The van der Waals surface area contributed by atoms with Gasteiger partial charge in [-0.05, 0) is 23.8 Å². The Kier molecular flexibility index (Phi) is 13.0. The van der Waals surface area contributed by atoms with E-state index >= 15 is 0 Å². The highest BCUT2D eigenvalue weighted by atomic mass is 33.1. The molecule has 0 aromatic heterocycles. The summed E-state index contributed by atoms with van der Waals surface area (Å²) < 4.78 is 9.97. The monoisotopic (exact) mass is 488 g/mol. The van der Waals surface area contributed by atoms with E-state index in [1.807, 2.05) is 0 Å². The van der Waals surface area contributed by atoms with Crippen molar-refractivity contribution in [1.29, 1.82) is 0 Å². The van der Waals surface area contributed by atoms with Gasteiger partial charge in [-0.1, -0.05) is 39.8 Å². The van der Waals surface area contributed by atoms with Gasteiger partial charge in [-0.2, -0.15) is 0 Å². The summed E-state index contributed by atoms with van der Waals surface area (Å²) in [6.45, 7) is 2.20. The molecule has 0 aliphatic rings. The molecule has 32 heavy (non-hydrogen) atoms. The molecule has 1 aromatic rings. The molecule has 0 aliphatic heterocycles. The summed E-state index contributed by atoms with van der Waals surface area (Å²) in [7, 11) is 3.15. The third kappa shape index (κ3) is 13.1. The standard InChI is InChI=1S/C18H20N2O10S2/c1-2-10-31-32-11-9-18(22)29-15-6-3-14(4-7-15)5-8-17(21)27-12-16(30-20(25)26)13-28-19(23)24/h2-8,16H,1,9-13H2/b8-5+. The largest absolute Gasteiger partial charge is 0.460 e. The van der Waals surface area contributed by atoms with E-state index in [-0.39, 0.29) is 12.4 Å². The summed E-state index contributed by atoms with van der Waals surface area (Å²) in [5, 5.41) is 18.2. The summed E-state index contributed by atoms with van der Waals surface area (Å²) in [5.74, 6) is 0.544. The Morgan fingerprint density at radius 1 is 1.09 bits per heavy atom. The second-order valence-corrected chi connectivity index (χ2v) is 8.25. The fourth-order valence-corrected chi connectivity index (χ4v) is 3.61. The first-order valence-corrected chi connectivity index (χ1v) is 11.4. The van der Waals surface area contributed by atoms with Crippen molar-refractivity contribution in [2.75, 3.05) is 24.7 Å². The van der Waals surface area contributed by atoms with Crippen LogP contribution in [0.15, 0.2) is 43.0 Å². The van der Waals surface area contributed by atoms with Crippen LogP contribution in [0.5, 0.6) is 5.75 Å². The van der Waals surface area contributed by atoms with Crippen molar-refractivity contribution in [3.8, 4) is 5.75 Å². The average molecular weight is 488 g/mol. The molecule has 0 saturated carbocycles. The zero-order valence-electron chi connectivity index (χ0n) is 16.7. The lowest BCUT2D eigenvalue weighted by molar-refractivity contribution is -0.790. The van der Waals surface area contributed by atoms with Gasteiger partial charge < -0.3 is 19.1 Å². The van der Waals surface area contributed by atoms with E-state index in [0.717, 1.165) is 11.8 Å². The lowest BCUT2D eigenvalue weighted by Crippen LogP contribution is -2.30. The topological polar surface area (TPSA) is 157 Å². The van der Waals surface area contributed by atoms with E-state index in [0.29, 0.717) is 17.1 Å². The lowest BCUT2D eigenvalue weighted by atomic mass is 10.2. The van der Waals surface area contributed by atoms with Gasteiger partial charge >= 0.3 is 11.9 Å². The van der Waals surface area contributed by atoms with Gasteiger partial charge in [0.2, 0.25) is 0 Å². The SMILES string of the molecule is C=CCSSCCC(=O)Oc1ccc(/C=C/C(=O)OCC(CO[N+](=O)[O-])O[N+](=O)[O-])cc1. The van der Waals surface area contributed by atoms with Crippen molar-refractivity contribution < 1.29 is 38.9 Å². The highest BCUT2D eigenvalue weighted by Gasteiger charge is 2.17. The smallest absolute Gasteiger partial charge is 0.330 e. The molecule has 0 radical (unpaired) electrons. The molecule has 0 amide bonds. The first-order valence-electron chi connectivity index (χ1n) is 8.89. The molecule has 12 nitrogen and oxygen atoms in total. The number of hydrogen-bond acceptors (Lipinski definition) is 12. The van der Waals surface area contributed by atoms with Crippen LogP contribution in [0.1, 0.15) is 12.0 Å². The van der Waals surface area contributed by atoms with E-state index in [1.165, 1.54) is 6.08 Å². The van der Waals surface area contributed by atoms with Gasteiger partial charge in [0.25, 0.3) is 10.2 Å². The number of hydrogen-bond donors (Lipinski definition) is 0. The van der Waals surface area contributed by atoms with Gasteiger partial charge in [0, 0.05) is 17.6 Å². The third-order valence-electron chi connectivity index (χ3n) is 3.19. The summed E-state index contributed by atoms with van der Waals surface area (Å²) in [6, 6.07) is 6.31. The Bertz CT molecular complexity index is 816. The molecule has 0 fully saturated rings. The van der Waals surface area contributed by atoms with Gasteiger partial charge in [0.1, 0.15) is 19.0 Å². The number of nitrogens with zero attached hydrogens (tertiary/aromatic N) is 2. The van der Waals surface area contributed by atoms with Gasteiger partial charge in [-0.15, -0.1) is 26.8 Å². The minimum atomic E-state index is -1.46. The summed E-state index contributed by atoms with van der Waals surface area (Å²) >= 11 is 0. The van der Waals surface area contributed by atoms with Crippen LogP contribution in [0.4, 0.5) is 0 Å². The molecule has 0 spiro atoms. The quantitative estimate of drug-likeness (QED) is 0.0490. The number of carbonyl (C=O) groups is 2. The molecule has 0 saturated heterocycles. The van der Waals surface area contributed by atoms with Gasteiger partial charge in [-0.3, -0.25) is 4.79 Å². The van der Waals surface area contributed by atoms with E-state index < -0.39 is 35.5 Å². The molecule has 1 unspecified atom stereocenters. The maximum Gasteiger partial charge on any atom is 0.330 e. The van der Waals surface area contributed by atoms with Gasteiger partial charge in [0.05, 0.1) is 6.42 Å². The Labute approximate surface area is 190 Å². The van der Waals surface area contributed by atoms with E-state index in [2.05, 4.69) is 16.3 Å². The first kappa shape index (κ1) is 26.8. The maximum absolute atomic E-state index is 11.8. The third-order valence-corrected chi connectivity index (χ3v) is 5.51. The van der Waals surface area contributed by atoms with Crippen LogP contribution in [0.2, 0.25) is 0 Å². The summed E-state index contributed by atoms with van der Waals surface area (Å²) in [4.78, 5) is 52.2. The molecule has 0 N–H and O–H groups in total. The molecule has 174 valence electrons. The van der Waals surface area contributed by atoms with E-state index in [9.17, 15) is 29.8 Å². The summed E-state index contributed by atoms with van der Waals surface area (Å²) in [6.07, 6.45) is 3.04. The molecule has 0 aliphatic carbocycles. The van der Waals surface area contributed by atoms with Crippen molar-refractivity contribution in [2.24, 2.45) is 0 Å². The normalized spacial score (nSPS) is 11.4. The van der Waals surface area contributed by atoms with Crippen LogP contribution in [-0.4, -0.2) is 52.9 Å². The Balaban J connectivity index is 2.44. The zero-order chi connectivity index (χ0) is 23.8. The molecule has 14 heteroatoms. The second kappa shape index (κ2) is 15.5. The number of rotatable bonds is 16. The molecule has 1 atom stereocenters.